The Morgan fingerprint density at radius 1 is 1.73 bits per heavy atom. The summed E-state index contributed by atoms with van der Waals surface area (Å²) < 4.78 is 0. The molecule has 0 saturated heterocycles. The van der Waals surface area contributed by atoms with Crippen LogP contribution in [0.3, 0.4) is 0 Å². The summed E-state index contributed by atoms with van der Waals surface area (Å²) in [5, 5.41) is 2.11. The van der Waals surface area contributed by atoms with Crippen LogP contribution in [0.1, 0.15) is 13.3 Å². The van der Waals surface area contributed by atoms with Crippen molar-refractivity contribution in [2.75, 3.05) is 13.1 Å². The van der Waals surface area contributed by atoms with Crippen molar-refractivity contribution in [3.63, 3.8) is 0 Å². The van der Waals surface area contributed by atoms with Gasteiger partial charge in [-0.25, -0.2) is 0 Å². The van der Waals surface area contributed by atoms with Crippen LogP contribution >= 0.6 is 0 Å². The van der Waals surface area contributed by atoms with Gasteiger partial charge >= 0.3 is 0 Å². The molecule has 0 aromatic rings. The van der Waals surface area contributed by atoms with Crippen LogP contribution in [0.2, 0.25) is 0 Å². The van der Waals surface area contributed by atoms with E-state index in [0.29, 0.717) is 0 Å². The van der Waals surface area contributed by atoms with E-state index < -0.39 is 0 Å². The Morgan fingerprint density at radius 3 is 3.55 bits per heavy atom. The minimum Gasteiger partial charge on any atom is -0.304 e. The number of nitrogens with zero attached hydrogens (tertiary/aromatic N) is 2. The maximum absolute atomic E-state index is 4.43. The Morgan fingerprint density at radius 2 is 2.64 bits per heavy atom. The molecule has 0 radical (unpaired) electrons. The molecule has 2 rings (SSSR count). The average molecular weight is 151 g/mol. The maximum atomic E-state index is 4.43. The summed E-state index contributed by atoms with van der Waals surface area (Å²) in [4.78, 5) is 4.43. The minimum atomic E-state index is 0.739. The monoisotopic (exact) mass is 151 g/mol. The van der Waals surface area contributed by atoms with Crippen LogP contribution in [0.15, 0.2) is 17.3 Å². The highest BCUT2D eigenvalue weighted by molar-refractivity contribution is 5.94. The Balaban J connectivity index is 2.13. The van der Waals surface area contributed by atoms with Crippen LogP contribution in [0.25, 0.3) is 0 Å². The first kappa shape index (κ1) is 6.70. The predicted octanol–water partition coefficient (Wildman–Crippen LogP) is 0.759. The van der Waals surface area contributed by atoms with E-state index >= 15 is 0 Å². The van der Waals surface area contributed by atoms with Gasteiger partial charge in [0.25, 0.3) is 0 Å². The summed E-state index contributed by atoms with van der Waals surface area (Å²) in [6.45, 7) is 4.31. The normalized spacial score (nSPS) is 29.0. The molecule has 0 aromatic heterocycles. The lowest BCUT2D eigenvalue weighted by Crippen LogP contribution is -2.36. The van der Waals surface area contributed by atoms with Gasteiger partial charge in [-0.2, -0.15) is 0 Å². The number of nitrogens with one attached hydrogen (secondary N) is 1. The fourth-order valence-electron chi connectivity index (χ4n) is 1.44. The van der Waals surface area contributed by atoms with Gasteiger partial charge in [-0.05, 0) is 18.4 Å². The SMILES string of the molecule is CC1CCN=C2C=CNN2C1. The maximum Gasteiger partial charge on any atom is 0.143 e. The third kappa shape index (κ3) is 1.23. The van der Waals surface area contributed by atoms with Crippen molar-refractivity contribution in [3.8, 4) is 0 Å². The van der Waals surface area contributed by atoms with Crippen LogP contribution in [0.4, 0.5) is 0 Å². The van der Waals surface area contributed by atoms with Gasteiger partial charge < -0.3 is 5.43 Å². The summed E-state index contributed by atoms with van der Waals surface area (Å²) in [6.07, 6.45) is 5.17. The highest BCUT2D eigenvalue weighted by Crippen LogP contribution is 2.11. The summed E-state index contributed by atoms with van der Waals surface area (Å²) in [6, 6.07) is 0. The lowest BCUT2D eigenvalue weighted by Gasteiger charge is -2.19. The summed E-state index contributed by atoms with van der Waals surface area (Å²) in [7, 11) is 0. The molecule has 0 amide bonds. The molecule has 11 heavy (non-hydrogen) atoms. The van der Waals surface area contributed by atoms with Crippen molar-refractivity contribution < 1.29 is 0 Å². The molecule has 0 bridgehead atoms. The van der Waals surface area contributed by atoms with Gasteiger partial charge in [0.2, 0.25) is 0 Å². The van der Waals surface area contributed by atoms with Crippen LogP contribution < -0.4 is 5.43 Å². The van der Waals surface area contributed by atoms with E-state index in [1.54, 1.807) is 0 Å². The van der Waals surface area contributed by atoms with Gasteiger partial charge in [0.05, 0.1) is 0 Å². The lowest BCUT2D eigenvalue weighted by atomic mass is 10.1. The molecule has 1 unspecified atom stereocenters. The van der Waals surface area contributed by atoms with E-state index in [2.05, 4.69) is 22.4 Å². The second kappa shape index (κ2) is 2.57. The van der Waals surface area contributed by atoms with E-state index in [1.807, 2.05) is 12.3 Å². The predicted molar refractivity (Wildman–Crippen MR) is 45.1 cm³/mol. The van der Waals surface area contributed by atoms with Gasteiger partial charge in [0.1, 0.15) is 5.84 Å². The molecular weight excluding hydrogens is 138 g/mol. The van der Waals surface area contributed by atoms with E-state index in [1.165, 1.54) is 6.42 Å². The second-order valence-electron chi connectivity index (χ2n) is 3.21. The summed E-state index contributed by atoms with van der Waals surface area (Å²) in [5.74, 6) is 1.83. The average Bonchev–Trinajstić information content (AvgIpc) is 2.31. The topological polar surface area (TPSA) is 27.6 Å². The number of amidine groups is 1. The van der Waals surface area contributed by atoms with E-state index in [9.17, 15) is 0 Å². The zero-order valence-electron chi connectivity index (χ0n) is 6.75. The summed E-state index contributed by atoms with van der Waals surface area (Å²) in [5.41, 5.74) is 3.15. The Hall–Kier alpha value is -0.990. The van der Waals surface area contributed by atoms with Crippen molar-refractivity contribution in [2.45, 2.75) is 13.3 Å². The molecule has 0 aliphatic carbocycles. The molecule has 1 atom stereocenters. The number of hydrogen-bond acceptors (Lipinski definition) is 3. The largest absolute Gasteiger partial charge is 0.304 e. The van der Waals surface area contributed by atoms with Crippen molar-refractivity contribution in [3.05, 3.63) is 12.3 Å². The first-order valence-corrected chi connectivity index (χ1v) is 4.11. The third-order valence-corrected chi connectivity index (χ3v) is 2.13. The molecule has 3 nitrogen and oxygen atoms in total. The minimum absolute atomic E-state index is 0.739. The first-order chi connectivity index (χ1) is 5.36. The van der Waals surface area contributed by atoms with Crippen LogP contribution in [0, 0.1) is 5.92 Å². The lowest BCUT2D eigenvalue weighted by molar-refractivity contribution is 0.319. The molecule has 3 heteroatoms. The second-order valence-corrected chi connectivity index (χ2v) is 3.21. The zero-order valence-corrected chi connectivity index (χ0v) is 6.75. The number of rotatable bonds is 0. The van der Waals surface area contributed by atoms with Gasteiger partial charge in [-0.3, -0.25) is 10.0 Å². The molecular formula is C8H13N3. The van der Waals surface area contributed by atoms with E-state index in [0.717, 1.165) is 24.8 Å². The Bertz CT molecular complexity index is 207. The Labute approximate surface area is 66.8 Å². The number of aliphatic imine (C=N–C) groups is 1. The van der Waals surface area contributed by atoms with Gasteiger partial charge in [0.15, 0.2) is 0 Å². The van der Waals surface area contributed by atoms with E-state index in [-0.39, 0.29) is 0 Å². The molecule has 0 aromatic carbocycles. The standard InChI is InChI=1S/C8H13N3/c1-7-2-4-9-8-3-5-10-11(8)6-7/h3,5,7,10H,2,4,6H2,1H3. The highest BCUT2D eigenvalue weighted by atomic mass is 15.5. The molecule has 0 saturated carbocycles. The molecule has 0 spiro atoms. The third-order valence-electron chi connectivity index (χ3n) is 2.13. The number of fused-ring (bicyclic) bond motifs is 1. The smallest absolute Gasteiger partial charge is 0.143 e. The van der Waals surface area contributed by atoms with Crippen LogP contribution in [-0.2, 0) is 0 Å². The molecule has 1 N–H and O–H groups in total. The van der Waals surface area contributed by atoms with Crippen molar-refractivity contribution in [1.29, 1.82) is 0 Å². The molecule has 2 aliphatic heterocycles. The van der Waals surface area contributed by atoms with Crippen LogP contribution in [0.5, 0.6) is 0 Å². The first-order valence-electron chi connectivity index (χ1n) is 4.11. The van der Waals surface area contributed by atoms with Gasteiger partial charge in [-0.15, -0.1) is 0 Å². The molecule has 0 fully saturated rings. The fourth-order valence-corrected chi connectivity index (χ4v) is 1.44. The molecule has 2 aliphatic rings. The van der Waals surface area contributed by atoms with E-state index in [4.69, 9.17) is 0 Å². The number of hydrazine groups is 1. The van der Waals surface area contributed by atoms with Gasteiger partial charge in [0, 0.05) is 19.3 Å². The van der Waals surface area contributed by atoms with Gasteiger partial charge in [-0.1, -0.05) is 6.92 Å². The van der Waals surface area contributed by atoms with Crippen molar-refractivity contribution in [1.82, 2.24) is 10.4 Å². The van der Waals surface area contributed by atoms with Crippen LogP contribution in [-0.4, -0.2) is 23.9 Å². The highest BCUT2D eigenvalue weighted by Gasteiger charge is 2.18. The molecule has 60 valence electrons. The Kier molecular flexibility index (Phi) is 1.56. The number of hydrogen-bond donors (Lipinski definition) is 1. The fraction of sp³-hybridized carbons (Fsp3) is 0.625. The summed E-state index contributed by atoms with van der Waals surface area (Å²) >= 11 is 0. The molecule has 2 heterocycles. The van der Waals surface area contributed by atoms with Crippen molar-refractivity contribution in [2.24, 2.45) is 10.9 Å². The zero-order chi connectivity index (χ0) is 7.68. The quantitative estimate of drug-likeness (QED) is 0.553. The van der Waals surface area contributed by atoms with Crippen molar-refractivity contribution >= 4 is 5.84 Å².